The number of anilines is 2. The minimum atomic E-state index is -4.81. The summed E-state index contributed by atoms with van der Waals surface area (Å²) in [5.74, 6) is -1.65. The van der Waals surface area contributed by atoms with Crippen molar-refractivity contribution >= 4 is 11.5 Å². The van der Waals surface area contributed by atoms with Crippen molar-refractivity contribution in [2.75, 3.05) is 11.5 Å². The first kappa shape index (κ1) is 13.9. The van der Waals surface area contributed by atoms with Gasteiger partial charge in [0.2, 0.25) is 5.88 Å². The van der Waals surface area contributed by atoms with E-state index in [0.29, 0.717) is 12.1 Å². The van der Waals surface area contributed by atoms with Crippen LogP contribution in [0.5, 0.6) is 11.6 Å². The molecule has 0 atom stereocenters. The standard InChI is InChI=1S/C12H9F4N3O/c13-8-2-1-6(5-7(8)12(14,15)16)20-10-4-3-9(17)11(18)19-10/h1-5H,17H2,(H2,18,19). The number of pyridine rings is 1. The molecule has 20 heavy (non-hydrogen) atoms. The highest BCUT2D eigenvalue weighted by molar-refractivity contribution is 5.58. The molecule has 0 aliphatic heterocycles. The highest BCUT2D eigenvalue weighted by atomic mass is 19.4. The quantitative estimate of drug-likeness (QED) is 0.832. The van der Waals surface area contributed by atoms with E-state index in [4.69, 9.17) is 16.2 Å². The van der Waals surface area contributed by atoms with Gasteiger partial charge in [0.25, 0.3) is 0 Å². The maximum absolute atomic E-state index is 13.1. The number of nitrogen functional groups attached to an aromatic ring is 2. The second-order valence-electron chi connectivity index (χ2n) is 3.87. The molecule has 0 saturated heterocycles. The predicted molar refractivity (Wildman–Crippen MR) is 64.5 cm³/mol. The lowest BCUT2D eigenvalue weighted by molar-refractivity contribution is -0.140. The molecule has 4 N–H and O–H groups in total. The molecular weight excluding hydrogens is 278 g/mol. The molecule has 0 spiro atoms. The molecule has 0 bridgehead atoms. The highest BCUT2D eigenvalue weighted by Gasteiger charge is 2.34. The first-order valence-corrected chi connectivity index (χ1v) is 5.34. The molecule has 0 aliphatic carbocycles. The molecule has 2 aromatic rings. The number of hydrogen-bond donors (Lipinski definition) is 2. The molecule has 4 nitrogen and oxygen atoms in total. The fourth-order valence-corrected chi connectivity index (χ4v) is 1.43. The third kappa shape index (κ3) is 2.90. The summed E-state index contributed by atoms with van der Waals surface area (Å²) in [5, 5.41) is 0. The van der Waals surface area contributed by atoms with Crippen LogP contribution in [0.25, 0.3) is 0 Å². The smallest absolute Gasteiger partial charge is 0.419 e. The molecule has 0 fully saturated rings. The number of rotatable bonds is 2. The molecule has 0 aliphatic rings. The zero-order valence-corrected chi connectivity index (χ0v) is 9.91. The van der Waals surface area contributed by atoms with Crippen molar-refractivity contribution in [1.29, 1.82) is 0 Å². The Balaban J connectivity index is 2.32. The first-order chi connectivity index (χ1) is 9.27. The van der Waals surface area contributed by atoms with Crippen molar-refractivity contribution in [3.05, 3.63) is 41.7 Å². The van der Waals surface area contributed by atoms with Crippen LogP contribution >= 0.6 is 0 Å². The fraction of sp³-hybridized carbons (Fsp3) is 0.0833. The molecule has 106 valence electrons. The van der Waals surface area contributed by atoms with Crippen molar-refractivity contribution < 1.29 is 22.3 Å². The van der Waals surface area contributed by atoms with Crippen LogP contribution < -0.4 is 16.2 Å². The third-order valence-electron chi connectivity index (χ3n) is 2.40. The average Bonchev–Trinajstić information content (AvgIpc) is 2.35. The Hall–Kier alpha value is -2.51. The number of nitrogens with zero attached hydrogens (tertiary/aromatic N) is 1. The van der Waals surface area contributed by atoms with Gasteiger partial charge in [-0.3, -0.25) is 0 Å². The van der Waals surface area contributed by atoms with Gasteiger partial charge < -0.3 is 16.2 Å². The van der Waals surface area contributed by atoms with E-state index in [1.807, 2.05) is 0 Å². The number of halogens is 4. The summed E-state index contributed by atoms with van der Waals surface area (Å²) in [5.41, 5.74) is 9.68. The fourth-order valence-electron chi connectivity index (χ4n) is 1.43. The van der Waals surface area contributed by atoms with Gasteiger partial charge in [-0.25, -0.2) is 4.39 Å². The van der Waals surface area contributed by atoms with E-state index in [1.165, 1.54) is 12.1 Å². The van der Waals surface area contributed by atoms with Crippen LogP contribution in [0.1, 0.15) is 5.56 Å². The molecule has 1 heterocycles. The van der Waals surface area contributed by atoms with Gasteiger partial charge in [0.1, 0.15) is 11.6 Å². The van der Waals surface area contributed by atoms with Gasteiger partial charge in [-0.05, 0) is 24.3 Å². The van der Waals surface area contributed by atoms with Gasteiger partial charge in [-0.1, -0.05) is 0 Å². The summed E-state index contributed by atoms with van der Waals surface area (Å²) in [6.45, 7) is 0. The van der Waals surface area contributed by atoms with E-state index >= 15 is 0 Å². The Kier molecular flexibility index (Phi) is 3.39. The maximum Gasteiger partial charge on any atom is 0.419 e. The van der Waals surface area contributed by atoms with E-state index in [1.54, 1.807) is 0 Å². The van der Waals surface area contributed by atoms with Crippen molar-refractivity contribution in [3.63, 3.8) is 0 Å². The topological polar surface area (TPSA) is 74.2 Å². The Morgan fingerprint density at radius 2 is 1.75 bits per heavy atom. The van der Waals surface area contributed by atoms with Crippen LogP contribution in [0, 0.1) is 5.82 Å². The number of alkyl halides is 3. The summed E-state index contributed by atoms with van der Waals surface area (Å²) in [6, 6.07) is 5.00. The van der Waals surface area contributed by atoms with Gasteiger partial charge in [0.15, 0.2) is 5.82 Å². The van der Waals surface area contributed by atoms with E-state index < -0.39 is 17.6 Å². The Morgan fingerprint density at radius 1 is 1.05 bits per heavy atom. The lowest BCUT2D eigenvalue weighted by atomic mass is 10.2. The molecular formula is C12H9F4N3O. The van der Waals surface area contributed by atoms with Crippen LogP contribution in [0.3, 0.4) is 0 Å². The second kappa shape index (κ2) is 4.87. The van der Waals surface area contributed by atoms with Crippen molar-refractivity contribution in [2.45, 2.75) is 6.18 Å². The van der Waals surface area contributed by atoms with Crippen LogP contribution in [0.4, 0.5) is 29.1 Å². The SMILES string of the molecule is Nc1ccc(Oc2ccc(F)c(C(F)(F)F)c2)nc1N. The Labute approximate surface area is 111 Å². The summed E-state index contributed by atoms with van der Waals surface area (Å²) in [6.07, 6.45) is -4.81. The minimum Gasteiger partial charge on any atom is -0.439 e. The van der Waals surface area contributed by atoms with Gasteiger partial charge in [-0.2, -0.15) is 18.2 Å². The number of nitrogens with two attached hydrogens (primary N) is 2. The van der Waals surface area contributed by atoms with E-state index in [-0.39, 0.29) is 23.1 Å². The largest absolute Gasteiger partial charge is 0.439 e. The van der Waals surface area contributed by atoms with Crippen LogP contribution in [0.2, 0.25) is 0 Å². The minimum absolute atomic E-state index is 0.0133. The summed E-state index contributed by atoms with van der Waals surface area (Å²) < 4.78 is 55.8. The van der Waals surface area contributed by atoms with Crippen molar-refractivity contribution in [1.82, 2.24) is 4.98 Å². The maximum atomic E-state index is 13.1. The molecule has 0 unspecified atom stereocenters. The Bertz CT molecular complexity index is 643. The zero-order valence-electron chi connectivity index (χ0n) is 9.91. The molecule has 1 aromatic heterocycles. The molecule has 8 heteroatoms. The molecule has 0 radical (unpaired) electrons. The van der Waals surface area contributed by atoms with Gasteiger partial charge >= 0.3 is 6.18 Å². The predicted octanol–water partition coefficient (Wildman–Crippen LogP) is 3.20. The zero-order chi connectivity index (χ0) is 14.9. The van der Waals surface area contributed by atoms with Gasteiger partial charge in [0, 0.05) is 6.07 Å². The molecule has 2 rings (SSSR count). The number of hydrogen-bond acceptors (Lipinski definition) is 4. The van der Waals surface area contributed by atoms with E-state index in [9.17, 15) is 17.6 Å². The van der Waals surface area contributed by atoms with E-state index in [2.05, 4.69) is 4.98 Å². The second-order valence-corrected chi connectivity index (χ2v) is 3.87. The summed E-state index contributed by atoms with van der Waals surface area (Å²) in [4.78, 5) is 3.74. The number of ether oxygens (including phenoxy) is 1. The van der Waals surface area contributed by atoms with Crippen molar-refractivity contribution in [3.8, 4) is 11.6 Å². The molecule has 0 saturated carbocycles. The average molecular weight is 287 g/mol. The number of benzene rings is 1. The van der Waals surface area contributed by atoms with Gasteiger partial charge in [0.05, 0.1) is 11.3 Å². The molecule has 0 amide bonds. The van der Waals surface area contributed by atoms with Crippen LogP contribution in [-0.2, 0) is 6.18 Å². The lowest BCUT2D eigenvalue weighted by Crippen LogP contribution is -2.08. The lowest BCUT2D eigenvalue weighted by Gasteiger charge is -2.11. The van der Waals surface area contributed by atoms with E-state index in [0.717, 1.165) is 6.07 Å². The van der Waals surface area contributed by atoms with Crippen LogP contribution in [-0.4, -0.2) is 4.98 Å². The normalized spacial score (nSPS) is 11.4. The third-order valence-corrected chi connectivity index (χ3v) is 2.40. The van der Waals surface area contributed by atoms with Gasteiger partial charge in [-0.15, -0.1) is 0 Å². The van der Waals surface area contributed by atoms with Crippen LogP contribution in [0.15, 0.2) is 30.3 Å². The van der Waals surface area contributed by atoms with Crippen molar-refractivity contribution in [2.24, 2.45) is 0 Å². The highest BCUT2D eigenvalue weighted by Crippen LogP contribution is 2.34. The molecule has 1 aromatic carbocycles. The number of aromatic nitrogens is 1. The first-order valence-electron chi connectivity index (χ1n) is 5.34. The Morgan fingerprint density at radius 3 is 2.35 bits per heavy atom. The summed E-state index contributed by atoms with van der Waals surface area (Å²) >= 11 is 0. The summed E-state index contributed by atoms with van der Waals surface area (Å²) in [7, 11) is 0. The monoisotopic (exact) mass is 287 g/mol.